The van der Waals surface area contributed by atoms with Crippen LogP contribution >= 0.6 is 0 Å². The molecule has 0 heteroatoms. The van der Waals surface area contributed by atoms with Crippen molar-refractivity contribution in [2.45, 2.75) is 32.1 Å². The van der Waals surface area contributed by atoms with Gasteiger partial charge in [0.2, 0.25) is 0 Å². The number of rotatable bonds is 6. The molecular weight excluding hydrogens is 108 g/mol. The van der Waals surface area contributed by atoms with E-state index < -0.39 is 0 Å². The second-order valence-corrected chi connectivity index (χ2v) is 2.09. The summed E-state index contributed by atoms with van der Waals surface area (Å²) in [5, 5.41) is 0. The molecule has 0 spiro atoms. The van der Waals surface area contributed by atoms with Crippen molar-refractivity contribution in [1.29, 1.82) is 0 Å². The molecule has 0 saturated carbocycles. The summed E-state index contributed by atoms with van der Waals surface area (Å²) in [5.41, 5.74) is 0. The van der Waals surface area contributed by atoms with Crippen LogP contribution in [0.3, 0.4) is 0 Å². The predicted octanol–water partition coefficient (Wildman–Crippen LogP) is 3.01. The molecule has 0 amide bonds. The zero-order valence-corrected chi connectivity index (χ0v) is 6.10. The first-order chi connectivity index (χ1) is 4.41. The van der Waals surface area contributed by atoms with E-state index in [1.807, 2.05) is 0 Å². The predicted molar refractivity (Wildman–Crippen MR) is 42.4 cm³/mol. The topological polar surface area (TPSA) is 0 Å². The Bertz CT molecular complexity index is 33.3. The highest BCUT2D eigenvalue weighted by Crippen LogP contribution is 2.03. The third kappa shape index (κ3) is 7.74. The van der Waals surface area contributed by atoms with Crippen LogP contribution in [0.25, 0.3) is 0 Å². The molecule has 0 bridgehead atoms. The molecule has 0 unspecified atom stereocenters. The van der Waals surface area contributed by atoms with Gasteiger partial charge in [-0.05, 0) is 12.8 Å². The van der Waals surface area contributed by atoms with Gasteiger partial charge in [-0.1, -0.05) is 0 Å². The van der Waals surface area contributed by atoms with Gasteiger partial charge in [-0.15, -0.1) is 6.42 Å². The number of unbranched alkanes of at least 4 members (excludes halogenated alkanes) is 6. The van der Waals surface area contributed by atoms with E-state index in [2.05, 4.69) is 26.7 Å². The molecule has 0 aromatic rings. The van der Waals surface area contributed by atoms with Gasteiger partial charge in [0.05, 0.1) is 0 Å². The molecule has 0 saturated heterocycles. The highest BCUT2D eigenvalue weighted by atomic mass is 13.9. The average molecular weight is 124 g/mol. The minimum Gasteiger partial charge on any atom is -0.285 e. The second kappa shape index (κ2) is 7.74. The molecule has 0 rings (SSSR count). The van der Waals surface area contributed by atoms with Crippen LogP contribution in [-0.4, -0.2) is 0 Å². The van der Waals surface area contributed by atoms with Gasteiger partial charge in [0.1, 0.15) is 0 Å². The highest BCUT2D eigenvalue weighted by molar-refractivity contribution is 4.70. The van der Waals surface area contributed by atoms with Gasteiger partial charge in [0.15, 0.2) is 0 Å². The summed E-state index contributed by atoms with van der Waals surface area (Å²) >= 11 is 0. The first-order valence-electron chi connectivity index (χ1n) is 3.63. The maximum atomic E-state index is 3.73. The normalized spacial score (nSPS) is 9.78. The lowest BCUT2D eigenvalue weighted by Gasteiger charge is -2.07. The molecule has 9 heavy (non-hydrogen) atoms. The lowest BCUT2D eigenvalue weighted by Crippen LogP contribution is -1.78. The third-order valence-electron chi connectivity index (χ3n) is 1.22. The molecular formula is C9H16. The Balaban J connectivity index is 2.60. The number of hydrogen-bond acceptors (Lipinski definition) is 0. The molecule has 0 aromatic heterocycles. The smallest absolute Gasteiger partial charge is 0.0304 e. The van der Waals surface area contributed by atoms with Crippen molar-refractivity contribution in [2.24, 2.45) is 0 Å². The molecule has 0 heterocycles. The summed E-state index contributed by atoms with van der Waals surface area (Å²) in [6.45, 7) is 7.45. The van der Waals surface area contributed by atoms with Crippen LogP contribution in [0.4, 0.5) is 0 Å². The lowest BCUT2D eigenvalue weighted by molar-refractivity contribution is 0.770. The quantitative estimate of drug-likeness (QED) is 0.377. The minimum atomic E-state index is 0.963. The molecule has 52 valence electrons. The van der Waals surface area contributed by atoms with Crippen LogP contribution in [0.2, 0.25) is 0 Å². The van der Waals surface area contributed by atoms with Gasteiger partial charge in [-0.3, -0.25) is 12.8 Å². The van der Waals surface area contributed by atoms with Crippen molar-refractivity contribution in [3.05, 3.63) is 26.7 Å². The highest BCUT2D eigenvalue weighted by Gasteiger charge is 1.75. The zero-order chi connectivity index (χ0) is 6.95. The standard InChI is InChI=1S/C9H16/c1-3-5-7-9-8-6-4-2/h5-6H,1-4,7-9H2. The van der Waals surface area contributed by atoms with Crippen molar-refractivity contribution >= 4 is 0 Å². The molecule has 0 aliphatic rings. The van der Waals surface area contributed by atoms with Gasteiger partial charge in [0, 0.05) is 13.8 Å². The molecule has 0 nitrogen and oxygen atoms in total. The third-order valence-corrected chi connectivity index (χ3v) is 1.22. The summed E-state index contributed by atoms with van der Waals surface area (Å²) < 4.78 is 0. The fourth-order valence-corrected chi connectivity index (χ4v) is 0.695. The van der Waals surface area contributed by atoms with Crippen LogP contribution in [0.5, 0.6) is 0 Å². The van der Waals surface area contributed by atoms with E-state index in [-0.39, 0.29) is 0 Å². The monoisotopic (exact) mass is 124 g/mol. The van der Waals surface area contributed by atoms with Gasteiger partial charge >= 0.3 is 0 Å². The van der Waals surface area contributed by atoms with Gasteiger partial charge in [-0.25, -0.2) is 0 Å². The summed E-state index contributed by atoms with van der Waals surface area (Å²) in [5.74, 6) is 0. The Morgan fingerprint density at radius 1 is 0.889 bits per heavy atom. The van der Waals surface area contributed by atoms with E-state index in [0.29, 0.717) is 0 Å². The Hall–Kier alpha value is -0.260. The zero-order valence-electron chi connectivity index (χ0n) is 6.10. The molecule has 0 aromatic carbocycles. The first-order valence-corrected chi connectivity index (χ1v) is 3.63. The molecule has 0 N–H and O–H groups in total. The van der Waals surface area contributed by atoms with Gasteiger partial charge in [-0.2, -0.15) is 12.8 Å². The van der Waals surface area contributed by atoms with E-state index in [1.165, 1.54) is 19.3 Å². The summed E-state index contributed by atoms with van der Waals surface area (Å²) in [7, 11) is 0. The van der Waals surface area contributed by atoms with E-state index in [1.54, 1.807) is 0 Å². The van der Waals surface area contributed by atoms with E-state index >= 15 is 0 Å². The van der Waals surface area contributed by atoms with Crippen LogP contribution in [0.1, 0.15) is 32.1 Å². The van der Waals surface area contributed by atoms with Crippen LogP contribution < -0.4 is 0 Å². The molecule has 0 radical (unpaired) electrons. The minimum absolute atomic E-state index is 0.963. The van der Waals surface area contributed by atoms with E-state index in [4.69, 9.17) is 0 Å². The van der Waals surface area contributed by atoms with Crippen LogP contribution in [0.15, 0.2) is 0 Å². The molecule has 0 atom stereocenters. The Morgan fingerprint density at radius 2 is 1.33 bits per heavy atom. The second-order valence-electron chi connectivity index (χ2n) is 2.09. The van der Waals surface area contributed by atoms with Crippen molar-refractivity contribution in [1.82, 2.24) is 0 Å². The Labute approximate surface area is 59.7 Å². The molecule has 0 fully saturated rings. The Morgan fingerprint density at radius 3 is 1.67 bits per heavy atom. The number of hydrogen-bond donors (Lipinski definition) is 0. The summed E-state index contributed by atoms with van der Waals surface area (Å²) in [6, 6.07) is 0. The van der Waals surface area contributed by atoms with E-state index in [9.17, 15) is 0 Å². The largest absolute Gasteiger partial charge is 0.285 e. The summed E-state index contributed by atoms with van der Waals surface area (Å²) in [4.78, 5) is 0. The van der Waals surface area contributed by atoms with Crippen molar-refractivity contribution in [2.75, 3.05) is 0 Å². The first kappa shape index (κ1) is 8.74. The van der Waals surface area contributed by atoms with Crippen molar-refractivity contribution in [3.8, 4) is 0 Å². The maximum absolute atomic E-state index is 3.73. The van der Waals surface area contributed by atoms with Crippen LogP contribution in [0, 0.1) is 26.7 Å². The summed E-state index contributed by atoms with van der Waals surface area (Å²) in [6.07, 6.45) is 10.0. The van der Waals surface area contributed by atoms with Gasteiger partial charge in [0.25, 0.3) is 0 Å². The van der Waals surface area contributed by atoms with Gasteiger partial charge < -0.3 is 0 Å². The SMILES string of the molecule is [CH2+]C[CH-]CCC[CH-]C[CH2+]. The molecule has 0 aliphatic heterocycles. The maximum Gasteiger partial charge on any atom is 0.0304 e. The van der Waals surface area contributed by atoms with Crippen molar-refractivity contribution < 1.29 is 0 Å². The fourth-order valence-electron chi connectivity index (χ4n) is 0.695. The van der Waals surface area contributed by atoms with E-state index in [0.717, 1.165) is 12.8 Å². The van der Waals surface area contributed by atoms with Crippen molar-refractivity contribution in [3.63, 3.8) is 0 Å². The average Bonchev–Trinajstić information content (AvgIpc) is 1.89. The molecule has 0 aliphatic carbocycles. The lowest BCUT2D eigenvalue weighted by atomic mass is 10.1. The van der Waals surface area contributed by atoms with Crippen LogP contribution in [-0.2, 0) is 0 Å². The fraction of sp³-hybridized carbons (Fsp3) is 0.556. The Kier molecular flexibility index (Phi) is 7.52.